The first-order valence-corrected chi connectivity index (χ1v) is 7.82. The summed E-state index contributed by atoms with van der Waals surface area (Å²) in [4.78, 5) is 0. The lowest BCUT2D eigenvalue weighted by molar-refractivity contribution is 0.170. The molecule has 0 amide bonds. The van der Waals surface area contributed by atoms with Crippen molar-refractivity contribution in [1.82, 2.24) is 0 Å². The number of aliphatic hydroxyl groups is 1. The maximum absolute atomic E-state index is 10.1. The Bertz CT molecular complexity index is 419. The Hall–Kier alpha value is -0.995. The Labute approximate surface area is 122 Å². The Kier molecular flexibility index (Phi) is 5.93. The minimum Gasteiger partial charge on any atom is -0.493 e. The lowest BCUT2D eigenvalue weighted by Crippen LogP contribution is -2.18. The molecule has 2 rings (SSSR count). The molecule has 1 atom stereocenters. The fourth-order valence-corrected chi connectivity index (χ4v) is 2.95. The highest BCUT2D eigenvalue weighted by Crippen LogP contribution is 2.25. The van der Waals surface area contributed by atoms with Gasteiger partial charge in [-0.25, -0.2) is 0 Å². The molecule has 0 saturated heterocycles. The molecular formula is C16H26BNO2. The first kappa shape index (κ1) is 15.4. The van der Waals surface area contributed by atoms with Crippen LogP contribution in [0.1, 0.15) is 50.2 Å². The fourth-order valence-electron chi connectivity index (χ4n) is 2.95. The molecule has 1 aromatic carbocycles. The van der Waals surface area contributed by atoms with Crippen molar-refractivity contribution in [3.05, 3.63) is 23.8 Å². The van der Waals surface area contributed by atoms with E-state index >= 15 is 0 Å². The molecule has 0 aromatic heterocycles. The molecule has 1 unspecified atom stereocenters. The second-order valence-electron chi connectivity index (χ2n) is 5.93. The van der Waals surface area contributed by atoms with Gasteiger partial charge in [0, 0.05) is 0 Å². The second-order valence-corrected chi connectivity index (χ2v) is 5.93. The molecule has 0 bridgehead atoms. The number of aliphatic hydroxyl groups excluding tert-OH is 1. The van der Waals surface area contributed by atoms with Crippen LogP contribution in [0.15, 0.2) is 18.2 Å². The SMILES string of the molecule is Bc1ccc(OCC2CCCCC2)cc1C(O)CCN. The molecule has 3 N–H and O–H groups in total. The van der Waals surface area contributed by atoms with Gasteiger partial charge in [-0.3, -0.25) is 0 Å². The molecule has 1 aliphatic rings. The van der Waals surface area contributed by atoms with E-state index in [1.807, 2.05) is 26.0 Å². The number of hydrogen-bond acceptors (Lipinski definition) is 3. The zero-order valence-electron chi connectivity index (χ0n) is 12.5. The van der Waals surface area contributed by atoms with Crippen molar-refractivity contribution < 1.29 is 9.84 Å². The predicted molar refractivity (Wildman–Crippen MR) is 85.3 cm³/mol. The second kappa shape index (κ2) is 7.70. The van der Waals surface area contributed by atoms with E-state index in [9.17, 15) is 5.11 Å². The van der Waals surface area contributed by atoms with Gasteiger partial charge < -0.3 is 15.6 Å². The topological polar surface area (TPSA) is 55.5 Å². The summed E-state index contributed by atoms with van der Waals surface area (Å²) in [5.41, 5.74) is 7.55. The molecule has 0 radical (unpaired) electrons. The summed E-state index contributed by atoms with van der Waals surface area (Å²) in [5, 5.41) is 10.1. The van der Waals surface area contributed by atoms with Crippen LogP contribution in [0.5, 0.6) is 5.75 Å². The van der Waals surface area contributed by atoms with Gasteiger partial charge in [0.25, 0.3) is 0 Å². The number of rotatable bonds is 6. The molecule has 3 nitrogen and oxygen atoms in total. The van der Waals surface area contributed by atoms with Crippen LogP contribution in [0, 0.1) is 5.92 Å². The molecule has 1 aliphatic carbocycles. The van der Waals surface area contributed by atoms with Gasteiger partial charge in [0.2, 0.25) is 0 Å². The largest absolute Gasteiger partial charge is 0.493 e. The van der Waals surface area contributed by atoms with Crippen molar-refractivity contribution in [2.24, 2.45) is 11.7 Å². The minimum absolute atomic E-state index is 0.488. The fraction of sp³-hybridized carbons (Fsp3) is 0.625. The minimum atomic E-state index is -0.488. The lowest BCUT2D eigenvalue weighted by atomic mass is 9.87. The van der Waals surface area contributed by atoms with Crippen LogP contribution < -0.4 is 15.9 Å². The predicted octanol–water partition coefficient (Wildman–Crippen LogP) is 1.29. The highest BCUT2D eigenvalue weighted by atomic mass is 16.5. The number of ether oxygens (including phenoxy) is 1. The summed E-state index contributed by atoms with van der Waals surface area (Å²) < 4.78 is 5.93. The smallest absolute Gasteiger partial charge is 0.139 e. The van der Waals surface area contributed by atoms with Gasteiger partial charge in [-0.2, -0.15) is 0 Å². The van der Waals surface area contributed by atoms with E-state index in [0.717, 1.165) is 23.4 Å². The molecule has 0 heterocycles. The van der Waals surface area contributed by atoms with Crippen LogP contribution >= 0.6 is 0 Å². The van der Waals surface area contributed by atoms with Crippen LogP contribution in [0.3, 0.4) is 0 Å². The average molecular weight is 275 g/mol. The van der Waals surface area contributed by atoms with Crippen LogP contribution in [-0.4, -0.2) is 26.1 Å². The van der Waals surface area contributed by atoms with Crippen molar-refractivity contribution in [2.45, 2.75) is 44.6 Å². The molecule has 1 fully saturated rings. The quantitative estimate of drug-likeness (QED) is 0.769. The van der Waals surface area contributed by atoms with E-state index in [1.54, 1.807) is 0 Å². The van der Waals surface area contributed by atoms with E-state index < -0.39 is 6.10 Å². The Morgan fingerprint density at radius 3 is 2.75 bits per heavy atom. The Balaban J connectivity index is 1.95. The standard InChI is InChI=1S/C16H26BNO2/c17-15-7-6-13(10-14(15)16(19)8-9-18)20-11-12-4-2-1-3-5-12/h6-7,10,12,16,19H,1-5,8-9,11,17-18H2. The summed E-state index contributed by atoms with van der Waals surface area (Å²) in [7, 11) is 2.01. The zero-order valence-corrected chi connectivity index (χ0v) is 12.5. The highest BCUT2D eigenvalue weighted by Gasteiger charge is 2.15. The van der Waals surface area contributed by atoms with Crippen LogP contribution in [-0.2, 0) is 0 Å². The van der Waals surface area contributed by atoms with Crippen molar-refractivity contribution in [2.75, 3.05) is 13.2 Å². The number of hydrogen-bond donors (Lipinski definition) is 2. The summed E-state index contributed by atoms with van der Waals surface area (Å²) in [6.07, 6.45) is 6.72. The molecule has 20 heavy (non-hydrogen) atoms. The maximum atomic E-state index is 10.1. The molecule has 0 spiro atoms. The van der Waals surface area contributed by atoms with E-state index in [2.05, 4.69) is 0 Å². The number of nitrogens with two attached hydrogens (primary N) is 1. The van der Waals surface area contributed by atoms with Crippen molar-refractivity contribution in [3.8, 4) is 5.75 Å². The van der Waals surface area contributed by atoms with Crippen LogP contribution in [0.2, 0.25) is 0 Å². The first-order valence-electron chi connectivity index (χ1n) is 7.82. The normalized spacial score (nSPS) is 17.9. The summed E-state index contributed by atoms with van der Waals surface area (Å²) in [6.45, 7) is 1.29. The zero-order chi connectivity index (χ0) is 14.4. The molecular weight excluding hydrogens is 249 g/mol. The summed E-state index contributed by atoms with van der Waals surface area (Å²) >= 11 is 0. The molecule has 110 valence electrons. The van der Waals surface area contributed by atoms with Crippen LogP contribution in [0.4, 0.5) is 0 Å². The van der Waals surface area contributed by atoms with E-state index in [1.165, 1.54) is 32.1 Å². The highest BCUT2D eigenvalue weighted by molar-refractivity contribution is 6.33. The average Bonchev–Trinajstić information content (AvgIpc) is 2.47. The Morgan fingerprint density at radius 1 is 1.30 bits per heavy atom. The van der Waals surface area contributed by atoms with E-state index in [4.69, 9.17) is 10.5 Å². The van der Waals surface area contributed by atoms with Gasteiger partial charge in [0.15, 0.2) is 0 Å². The summed E-state index contributed by atoms with van der Waals surface area (Å²) in [5.74, 6) is 1.56. The van der Waals surface area contributed by atoms with Crippen molar-refractivity contribution in [3.63, 3.8) is 0 Å². The lowest BCUT2D eigenvalue weighted by Gasteiger charge is -2.22. The number of benzene rings is 1. The van der Waals surface area contributed by atoms with Crippen molar-refractivity contribution >= 4 is 13.3 Å². The van der Waals surface area contributed by atoms with Crippen molar-refractivity contribution in [1.29, 1.82) is 0 Å². The molecule has 0 aliphatic heterocycles. The third-order valence-electron chi connectivity index (χ3n) is 4.26. The summed E-state index contributed by atoms with van der Waals surface area (Å²) in [6, 6.07) is 5.99. The molecule has 1 aromatic rings. The van der Waals surface area contributed by atoms with Crippen LogP contribution in [0.25, 0.3) is 0 Å². The van der Waals surface area contributed by atoms with Gasteiger partial charge in [0.1, 0.15) is 13.6 Å². The maximum Gasteiger partial charge on any atom is 0.139 e. The van der Waals surface area contributed by atoms with Gasteiger partial charge in [-0.1, -0.05) is 30.8 Å². The Morgan fingerprint density at radius 2 is 2.05 bits per heavy atom. The van der Waals surface area contributed by atoms with Gasteiger partial charge >= 0.3 is 0 Å². The third kappa shape index (κ3) is 4.25. The van der Waals surface area contributed by atoms with Gasteiger partial charge in [-0.05, 0) is 49.4 Å². The monoisotopic (exact) mass is 275 g/mol. The third-order valence-corrected chi connectivity index (χ3v) is 4.26. The van der Waals surface area contributed by atoms with Gasteiger partial charge in [0.05, 0.1) is 12.7 Å². The first-order chi connectivity index (χ1) is 9.70. The van der Waals surface area contributed by atoms with Gasteiger partial charge in [-0.15, -0.1) is 0 Å². The molecule has 4 heteroatoms. The van der Waals surface area contributed by atoms with E-state index in [-0.39, 0.29) is 0 Å². The molecule has 1 saturated carbocycles. The van der Waals surface area contributed by atoms with E-state index in [0.29, 0.717) is 18.9 Å².